The minimum Gasteiger partial charge on any atom is -0.366 e. The highest BCUT2D eigenvalue weighted by Crippen LogP contribution is 2.31. The monoisotopic (exact) mass is 449 g/mol. The standard InChI is InChI=1S/C27H23N5O2/c1-17-30-26(32-34-17)20-13-11-19(12-14-20)24-16-29-27(31-24)23(15-18-7-3-2-4-8-18)21-9-5-6-10-22(21)25(28)33/h2-14,16,23H,15H2,1H3,(H2,28,33)(H,29,31)/t23-/m0/s1. The predicted molar refractivity (Wildman–Crippen MR) is 129 cm³/mol. The lowest BCUT2D eigenvalue weighted by molar-refractivity contribution is 0.0999. The summed E-state index contributed by atoms with van der Waals surface area (Å²) in [6, 6.07) is 25.5. The normalized spacial score (nSPS) is 11.9. The number of rotatable bonds is 7. The molecule has 168 valence electrons. The highest BCUT2D eigenvalue weighted by Gasteiger charge is 2.23. The number of nitrogens with one attached hydrogen (secondary N) is 1. The maximum absolute atomic E-state index is 12.2. The van der Waals surface area contributed by atoms with Crippen LogP contribution < -0.4 is 5.73 Å². The Labute approximate surface area is 196 Å². The van der Waals surface area contributed by atoms with Gasteiger partial charge in [0.15, 0.2) is 0 Å². The molecule has 0 bridgehead atoms. The molecule has 0 aliphatic carbocycles. The van der Waals surface area contributed by atoms with E-state index < -0.39 is 5.91 Å². The fraction of sp³-hybridized carbons (Fsp3) is 0.111. The first-order chi connectivity index (χ1) is 16.6. The van der Waals surface area contributed by atoms with Crippen LogP contribution in [0.4, 0.5) is 0 Å². The van der Waals surface area contributed by atoms with Crippen LogP contribution in [0.25, 0.3) is 22.6 Å². The van der Waals surface area contributed by atoms with E-state index in [1.165, 1.54) is 0 Å². The number of carbonyl (C=O) groups excluding carboxylic acids is 1. The Kier molecular flexibility index (Phi) is 5.74. The minimum absolute atomic E-state index is 0.165. The Balaban J connectivity index is 1.50. The fourth-order valence-corrected chi connectivity index (χ4v) is 4.10. The molecule has 3 N–H and O–H groups in total. The van der Waals surface area contributed by atoms with E-state index in [-0.39, 0.29) is 5.92 Å². The molecule has 0 unspecified atom stereocenters. The minimum atomic E-state index is -0.451. The highest BCUT2D eigenvalue weighted by atomic mass is 16.5. The maximum Gasteiger partial charge on any atom is 0.249 e. The topological polar surface area (TPSA) is 111 Å². The number of aromatic nitrogens is 4. The van der Waals surface area contributed by atoms with Gasteiger partial charge in [-0.3, -0.25) is 4.79 Å². The van der Waals surface area contributed by atoms with Crippen molar-refractivity contribution in [2.24, 2.45) is 5.73 Å². The number of aromatic amines is 1. The van der Waals surface area contributed by atoms with Crippen molar-refractivity contribution in [2.45, 2.75) is 19.3 Å². The van der Waals surface area contributed by atoms with E-state index in [1.54, 1.807) is 13.0 Å². The van der Waals surface area contributed by atoms with E-state index >= 15 is 0 Å². The third-order valence-corrected chi connectivity index (χ3v) is 5.79. The number of nitrogens with zero attached hydrogens (tertiary/aromatic N) is 3. The summed E-state index contributed by atoms with van der Waals surface area (Å²) in [5.41, 5.74) is 10.9. The Bertz CT molecular complexity index is 1420. The van der Waals surface area contributed by atoms with E-state index in [0.717, 1.165) is 33.8 Å². The van der Waals surface area contributed by atoms with E-state index in [1.807, 2.05) is 66.9 Å². The fourth-order valence-electron chi connectivity index (χ4n) is 4.10. The van der Waals surface area contributed by atoms with Gasteiger partial charge < -0.3 is 15.2 Å². The second-order valence-electron chi connectivity index (χ2n) is 8.09. The zero-order valence-electron chi connectivity index (χ0n) is 18.6. The van der Waals surface area contributed by atoms with Crippen LogP contribution in [0.5, 0.6) is 0 Å². The summed E-state index contributed by atoms with van der Waals surface area (Å²) in [5, 5.41) is 3.97. The Morgan fingerprint density at radius 1 is 0.971 bits per heavy atom. The Hall–Kier alpha value is -4.52. The van der Waals surface area contributed by atoms with E-state index in [4.69, 9.17) is 15.2 Å². The molecule has 0 spiro atoms. The Morgan fingerprint density at radius 3 is 2.38 bits per heavy atom. The molecule has 5 aromatic rings. The number of primary amides is 1. The summed E-state index contributed by atoms with van der Waals surface area (Å²) >= 11 is 0. The number of aryl methyl sites for hydroxylation is 1. The van der Waals surface area contributed by atoms with Crippen LogP contribution in [0.2, 0.25) is 0 Å². The van der Waals surface area contributed by atoms with Gasteiger partial charge in [0.2, 0.25) is 17.6 Å². The largest absolute Gasteiger partial charge is 0.366 e. The summed E-state index contributed by atoms with van der Waals surface area (Å²) in [7, 11) is 0. The molecule has 0 aliphatic rings. The Morgan fingerprint density at radius 2 is 1.68 bits per heavy atom. The summed E-state index contributed by atoms with van der Waals surface area (Å²) in [5.74, 6) is 1.23. The third-order valence-electron chi connectivity index (χ3n) is 5.79. The van der Waals surface area contributed by atoms with Crippen molar-refractivity contribution in [2.75, 3.05) is 0 Å². The van der Waals surface area contributed by atoms with E-state index in [9.17, 15) is 4.79 Å². The van der Waals surface area contributed by atoms with Gasteiger partial charge in [-0.05, 0) is 29.2 Å². The molecular weight excluding hydrogens is 426 g/mol. The molecule has 0 saturated carbocycles. The molecule has 2 aromatic heterocycles. The summed E-state index contributed by atoms with van der Waals surface area (Å²) < 4.78 is 5.07. The number of carbonyl (C=O) groups is 1. The molecule has 0 radical (unpaired) electrons. The van der Waals surface area contributed by atoms with Crippen molar-refractivity contribution >= 4 is 5.91 Å². The molecule has 3 aromatic carbocycles. The second-order valence-corrected chi connectivity index (χ2v) is 8.09. The van der Waals surface area contributed by atoms with Crippen LogP contribution in [0.3, 0.4) is 0 Å². The van der Waals surface area contributed by atoms with Gasteiger partial charge >= 0.3 is 0 Å². The summed E-state index contributed by atoms with van der Waals surface area (Å²) in [4.78, 5) is 24.6. The SMILES string of the molecule is Cc1nc(-c2ccc(-c3cnc([C@@H](Cc4ccccc4)c4ccccc4C(N)=O)[nH]3)cc2)no1. The van der Waals surface area contributed by atoms with Gasteiger partial charge in [-0.15, -0.1) is 0 Å². The van der Waals surface area contributed by atoms with Gasteiger partial charge in [0.1, 0.15) is 5.82 Å². The van der Waals surface area contributed by atoms with Crippen molar-refractivity contribution in [3.63, 3.8) is 0 Å². The number of H-pyrrole nitrogens is 1. The number of benzene rings is 3. The molecule has 34 heavy (non-hydrogen) atoms. The number of amides is 1. The van der Waals surface area contributed by atoms with Crippen LogP contribution >= 0.6 is 0 Å². The summed E-state index contributed by atoms with van der Waals surface area (Å²) in [6.07, 6.45) is 2.49. The first kappa shape index (κ1) is 21.3. The molecule has 5 rings (SSSR count). The number of imidazole rings is 1. The van der Waals surface area contributed by atoms with Crippen molar-refractivity contribution in [1.82, 2.24) is 20.1 Å². The van der Waals surface area contributed by atoms with Crippen LogP contribution in [-0.2, 0) is 6.42 Å². The average molecular weight is 450 g/mol. The predicted octanol–water partition coefficient (Wildman–Crippen LogP) is 4.91. The lowest BCUT2D eigenvalue weighted by Gasteiger charge is -2.18. The van der Waals surface area contributed by atoms with Crippen LogP contribution in [0.15, 0.2) is 89.6 Å². The molecule has 7 heteroatoms. The average Bonchev–Trinajstić information content (AvgIpc) is 3.53. The molecule has 1 atom stereocenters. The summed E-state index contributed by atoms with van der Waals surface area (Å²) in [6.45, 7) is 1.76. The van der Waals surface area contributed by atoms with Crippen molar-refractivity contribution in [3.8, 4) is 22.6 Å². The van der Waals surface area contributed by atoms with E-state index in [2.05, 4.69) is 27.3 Å². The molecule has 1 amide bonds. The van der Waals surface area contributed by atoms with Gasteiger partial charge in [0, 0.05) is 24.0 Å². The number of nitrogens with two attached hydrogens (primary N) is 1. The molecule has 0 saturated heterocycles. The van der Waals surface area contributed by atoms with Crippen molar-refractivity contribution < 1.29 is 9.32 Å². The lowest BCUT2D eigenvalue weighted by atomic mass is 9.88. The van der Waals surface area contributed by atoms with Crippen LogP contribution in [-0.4, -0.2) is 26.0 Å². The van der Waals surface area contributed by atoms with Crippen molar-refractivity contribution in [1.29, 1.82) is 0 Å². The highest BCUT2D eigenvalue weighted by molar-refractivity contribution is 5.94. The quantitative estimate of drug-likeness (QED) is 0.367. The first-order valence-corrected chi connectivity index (χ1v) is 11.0. The van der Waals surface area contributed by atoms with Gasteiger partial charge in [-0.25, -0.2) is 4.98 Å². The molecule has 2 heterocycles. The van der Waals surface area contributed by atoms with Gasteiger partial charge in [0.05, 0.1) is 11.9 Å². The smallest absolute Gasteiger partial charge is 0.249 e. The first-order valence-electron chi connectivity index (χ1n) is 11.0. The van der Waals surface area contributed by atoms with Gasteiger partial charge in [-0.2, -0.15) is 4.98 Å². The van der Waals surface area contributed by atoms with E-state index in [0.29, 0.717) is 23.7 Å². The van der Waals surface area contributed by atoms with Gasteiger partial charge in [0.25, 0.3) is 0 Å². The third kappa shape index (κ3) is 4.36. The van der Waals surface area contributed by atoms with Crippen LogP contribution in [0, 0.1) is 6.92 Å². The van der Waals surface area contributed by atoms with Gasteiger partial charge in [-0.1, -0.05) is 78.0 Å². The molecule has 7 nitrogen and oxygen atoms in total. The lowest BCUT2D eigenvalue weighted by Crippen LogP contribution is -2.17. The second kappa shape index (κ2) is 9.15. The molecule has 0 fully saturated rings. The number of hydrogen-bond donors (Lipinski definition) is 2. The van der Waals surface area contributed by atoms with Crippen molar-refractivity contribution in [3.05, 3.63) is 113 Å². The van der Waals surface area contributed by atoms with Crippen LogP contribution in [0.1, 0.15) is 39.1 Å². The molecule has 0 aliphatic heterocycles. The number of hydrogen-bond acceptors (Lipinski definition) is 5. The maximum atomic E-state index is 12.2. The molecular formula is C27H23N5O2. The zero-order valence-corrected chi connectivity index (χ0v) is 18.6. The zero-order chi connectivity index (χ0) is 23.5.